The molecule has 0 bridgehead atoms. The van der Waals surface area contributed by atoms with Gasteiger partial charge in [-0.1, -0.05) is 6.58 Å². The van der Waals surface area contributed by atoms with Gasteiger partial charge in [-0.25, -0.2) is 11.1 Å². The smallest absolute Gasteiger partial charge is 0.0636 e. The molecule has 0 aliphatic carbocycles. The van der Waals surface area contributed by atoms with Crippen molar-refractivity contribution in [2.45, 2.75) is 0 Å². The normalized spacial score (nSPS) is 5.43. The number of carboxylic acid groups (broad SMARTS) is 1. The summed E-state index contributed by atoms with van der Waals surface area (Å²) in [6, 6.07) is 0. The van der Waals surface area contributed by atoms with Crippen LogP contribution in [-0.2, 0) is 4.79 Å². The molecule has 7 heavy (non-hydrogen) atoms. The first-order valence-corrected chi connectivity index (χ1v) is 1.42. The van der Waals surface area contributed by atoms with Crippen LogP contribution in [0, 0.1) is 0 Å². The Labute approximate surface area is 40.8 Å². The molecule has 4 heteroatoms. The van der Waals surface area contributed by atoms with E-state index in [4.69, 9.17) is 15.1 Å². The maximum atomic E-state index is 9.14. The topological polar surface area (TPSA) is 88.0 Å². The molecule has 0 atom stereocenters. The molecule has 0 unspecified atom stereocenters. The average Bonchev–Trinajstić information content (AvgIpc) is 1.73. The highest BCUT2D eigenvalue weighted by molar-refractivity contribution is 5.76. The summed E-state index contributed by atoms with van der Waals surface area (Å²) in [6.45, 7) is 2.90. The maximum absolute atomic E-state index is 9.14. The van der Waals surface area contributed by atoms with E-state index >= 15 is 0 Å². The highest BCUT2D eigenvalue weighted by atomic mass is 16.4. The molecule has 0 rings (SSSR count). The minimum atomic E-state index is -1.23. The molecule has 0 amide bonds. The van der Waals surface area contributed by atoms with E-state index in [0.717, 1.165) is 6.08 Å². The van der Waals surface area contributed by atoms with Gasteiger partial charge in [0.25, 0.3) is 0 Å². The van der Waals surface area contributed by atoms with Gasteiger partial charge in [0, 0.05) is 0 Å². The second kappa shape index (κ2) is 8.93. The number of carbonyl (C=O) groups is 1. The summed E-state index contributed by atoms with van der Waals surface area (Å²) >= 11 is 0. The maximum Gasteiger partial charge on any atom is 0.0636 e. The molecule has 42 valence electrons. The third-order valence-electron chi connectivity index (χ3n) is 0.167. The number of carbonyl (C=O) groups excluding carboxylic acids is 1. The van der Waals surface area contributed by atoms with Gasteiger partial charge in [0.1, 0.15) is 0 Å². The highest BCUT2D eigenvalue weighted by Gasteiger charge is 1.55. The van der Waals surface area contributed by atoms with Crippen molar-refractivity contribution in [3.8, 4) is 0 Å². The molecule has 0 fully saturated rings. The second-order valence-electron chi connectivity index (χ2n) is 0.523. The highest BCUT2D eigenvalue weighted by Crippen LogP contribution is 1.47. The SMILES string of the molecule is C=CC(=O)[O-].[NH3+]O. The van der Waals surface area contributed by atoms with Crippen LogP contribution in [0.4, 0.5) is 0 Å². The van der Waals surface area contributed by atoms with Gasteiger partial charge in [-0.15, -0.1) is 0 Å². The Bertz CT molecular complexity index is 61.2. The summed E-state index contributed by atoms with van der Waals surface area (Å²) in [4.78, 5) is 9.14. The molecular weight excluding hydrogens is 98.0 g/mol. The van der Waals surface area contributed by atoms with Crippen LogP contribution in [0.25, 0.3) is 0 Å². The van der Waals surface area contributed by atoms with Crippen molar-refractivity contribution in [2.75, 3.05) is 0 Å². The largest absolute Gasteiger partial charge is 0.545 e. The Balaban J connectivity index is 0. The van der Waals surface area contributed by atoms with Crippen LogP contribution in [0.3, 0.4) is 0 Å². The fourth-order valence-electron chi connectivity index (χ4n) is 0. The quantitative estimate of drug-likeness (QED) is 0.286. The van der Waals surface area contributed by atoms with E-state index in [9.17, 15) is 0 Å². The number of quaternary nitrogens is 1. The minimum absolute atomic E-state index is 0.722. The van der Waals surface area contributed by atoms with Crippen LogP contribution < -0.4 is 11.0 Å². The first kappa shape index (κ1) is 9.46. The van der Waals surface area contributed by atoms with Crippen molar-refractivity contribution in [1.82, 2.24) is 0 Å². The van der Waals surface area contributed by atoms with Gasteiger partial charge in [0.2, 0.25) is 0 Å². The second-order valence-corrected chi connectivity index (χ2v) is 0.523. The third-order valence-corrected chi connectivity index (χ3v) is 0.167. The van der Waals surface area contributed by atoms with Crippen LogP contribution in [-0.4, -0.2) is 11.2 Å². The van der Waals surface area contributed by atoms with Crippen LogP contribution in [0.1, 0.15) is 0 Å². The predicted octanol–water partition coefficient (Wildman–Crippen LogP) is -2.46. The molecule has 0 aliphatic heterocycles. The van der Waals surface area contributed by atoms with Crippen LogP contribution in [0.15, 0.2) is 12.7 Å². The van der Waals surface area contributed by atoms with E-state index in [1.165, 1.54) is 0 Å². The molecule has 4 nitrogen and oxygen atoms in total. The molecule has 0 heterocycles. The zero-order valence-electron chi connectivity index (χ0n) is 3.76. The van der Waals surface area contributed by atoms with Gasteiger partial charge in [-0.2, -0.15) is 0 Å². The first-order chi connectivity index (χ1) is 3.27. The molecule has 0 radical (unpaired) electrons. The molecule has 0 aromatic rings. The summed E-state index contributed by atoms with van der Waals surface area (Å²) < 4.78 is 0. The van der Waals surface area contributed by atoms with Crippen LogP contribution >= 0.6 is 0 Å². The van der Waals surface area contributed by atoms with Crippen molar-refractivity contribution in [3.63, 3.8) is 0 Å². The molecule has 0 aliphatic rings. The lowest BCUT2D eigenvalue weighted by molar-refractivity contribution is -0.670. The first-order valence-electron chi connectivity index (χ1n) is 1.42. The number of hydrogen-bond acceptors (Lipinski definition) is 3. The summed E-state index contributed by atoms with van der Waals surface area (Å²) in [7, 11) is 0. The monoisotopic (exact) mass is 105 g/mol. The van der Waals surface area contributed by atoms with Gasteiger partial charge in [-0.05, 0) is 6.08 Å². The Morgan fingerprint density at radius 2 is 2.00 bits per heavy atom. The zero-order valence-corrected chi connectivity index (χ0v) is 3.76. The summed E-state index contributed by atoms with van der Waals surface area (Å²) in [5, 5.41) is 15.9. The van der Waals surface area contributed by atoms with Crippen LogP contribution in [0.5, 0.6) is 0 Å². The lowest BCUT2D eigenvalue weighted by Crippen LogP contribution is -2.42. The Kier molecular flexibility index (Phi) is 12.1. The zero-order chi connectivity index (χ0) is 6.28. The Morgan fingerprint density at radius 1 is 1.86 bits per heavy atom. The van der Waals surface area contributed by atoms with Crippen LogP contribution in [0.2, 0.25) is 0 Å². The van der Waals surface area contributed by atoms with Crippen molar-refractivity contribution < 1.29 is 21.0 Å². The van der Waals surface area contributed by atoms with Crippen molar-refractivity contribution in [3.05, 3.63) is 12.7 Å². The lowest BCUT2D eigenvalue weighted by atomic mass is 10.7. The van der Waals surface area contributed by atoms with Crippen molar-refractivity contribution in [1.29, 1.82) is 0 Å². The van der Waals surface area contributed by atoms with E-state index in [1.54, 1.807) is 0 Å². The van der Waals surface area contributed by atoms with E-state index in [1.807, 2.05) is 0 Å². The number of hydrogen-bond donors (Lipinski definition) is 2. The van der Waals surface area contributed by atoms with Crippen molar-refractivity contribution >= 4 is 5.97 Å². The minimum Gasteiger partial charge on any atom is -0.545 e. The fourth-order valence-corrected chi connectivity index (χ4v) is 0. The average molecular weight is 105 g/mol. The molecule has 0 spiro atoms. The Morgan fingerprint density at radius 3 is 2.00 bits per heavy atom. The van der Waals surface area contributed by atoms with Gasteiger partial charge in [0.15, 0.2) is 0 Å². The molecular formula is C3H7NO3. The van der Waals surface area contributed by atoms with Gasteiger partial charge in [-0.3, -0.25) is 0 Å². The van der Waals surface area contributed by atoms with Crippen molar-refractivity contribution in [2.24, 2.45) is 0 Å². The van der Waals surface area contributed by atoms with Gasteiger partial charge < -0.3 is 9.90 Å². The number of carboxylic acids is 1. The van der Waals surface area contributed by atoms with E-state index in [0.29, 0.717) is 0 Å². The molecule has 0 saturated carbocycles. The molecule has 0 aromatic heterocycles. The van der Waals surface area contributed by atoms with E-state index in [2.05, 4.69) is 12.5 Å². The lowest BCUT2D eigenvalue weighted by Gasteiger charge is -1.81. The number of aliphatic carboxylic acids is 1. The molecule has 0 saturated heterocycles. The summed E-state index contributed by atoms with van der Waals surface area (Å²) in [5.74, 6) is 1.02. The van der Waals surface area contributed by atoms with Gasteiger partial charge in [0.05, 0.1) is 5.97 Å². The number of rotatable bonds is 1. The molecule has 4 N–H and O–H groups in total. The Hall–Kier alpha value is -0.870. The predicted molar refractivity (Wildman–Crippen MR) is 19.9 cm³/mol. The third kappa shape index (κ3) is 39.4. The van der Waals surface area contributed by atoms with Gasteiger partial charge >= 0.3 is 0 Å². The summed E-state index contributed by atoms with van der Waals surface area (Å²) in [5.41, 5.74) is 0. The fraction of sp³-hybridized carbons (Fsp3) is 0. The standard InChI is InChI=1S/C3H4O2.H4NO/c1-2-3(4)5;1-2/h2H,1H2,(H,4,5);2H,1H3/q;+1/p-1. The summed E-state index contributed by atoms with van der Waals surface area (Å²) in [6.07, 6.45) is 0.722. The van der Waals surface area contributed by atoms with E-state index < -0.39 is 5.97 Å². The van der Waals surface area contributed by atoms with E-state index in [-0.39, 0.29) is 0 Å². The molecule has 0 aromatic carbocycles.